The summed E-state index contributed by atoms with van der Waals surface area (Å²) in [5.74, 6) is -0.533. The number of carboxylic acid groups (broad SMARTS) is 1. The molecule has 1 aliphatic heterocycles. The molecule has 0 aromatic rings. The molecule has 1 atom stereocenters. The summed E-state index contributed by atoms with van der Waals surface area (Å²) in [5, 5.41) is 10.2. The van der Waals surface area contributed by atoms with Gasteiger partial charge in [0.15, 0.2) is 4.87 Å². The molecular weight excluding hydrogens is 160 g/mol. The quantitative estimate of drug-likeness (QED) is 0.594. The number of halogens is 1. The Kier molecular flexibility index (Phi) is 1.73. The van der Waals surface area contributed by atoms with E-state index in [0.29, 0.717) is 5.75 Å². The fourth-order valence-electron chi connectivity index (χ4n) is 0.506. The molecule has 0 amide bonds. The van der Waals surface area contributed by atoms with E-state index in [4.69, 9.17) is 16.7 Å². The smallest absolute Gasteiger partial charge is 0.329 e. The lowest BCUT2D eigenvalue weighted by Crippen LogP contribution is -2.30. The first-order chi connectivity index (χ1) is 4.15. The van der Waals surface area contributed by atoms with Crippen LogP contribution in [0.5, 0.6) is 0 Å². The Bertz CT molecular complexity index is 168. The molecule has 2 nitrogen and oxygen atoms in total. The Hall–Kier alpha value is -0.150. The van der Waals surface area contributed by atoms with Crippen molar-refractivity contribution in [1.29, 1.82) is 0 Å². The van der Waals surface area contributed by atoms with Gasteiger partial charge in [0.25, 0.3) is 0 Å². The predicted molar refractivity (Wildman–Crippen MR) is 37.8 cm³/mol. The maximum Gasteiger partial charge on any atom is 0.329 e. The van der Waals surface area contributed by atoms with E-state index in [1.807, 2.05) is 0 Å². The molecule has 0 radical (unpaired) electrons. The van der Waals surface area contributed by atoms with Crippen molar-refractivity contribution >= 4 is 29.3 Å². The molecule has 0 spiro atoms. The fraction of sp³-hybridized carbons (Fsp3) is 0.400. The first kappa shape index (κ1) is 6.96. The molecule has 0 aromatic carbocycles. The zero-order valence-electron chi connectivity index (χ0n) is 4.50. The van der Waals surface area contributed by atoms with E-state index >= 15 is 0 Å². The minimum Gasteiger partial charge on any atom is -0.480 e. The summed E-state index contributed by atoms with van der Waals surface area (Å²) in [5.41, 5.74) is 0. The molecular formula is C5H5ClO2S. The van der Waals surface area contributed by atoms with E-state index in [-0.39, 0.29) is 0 Å². The van der Waals surface area contributed by atoms with Gasteiger partial charge in [-0.25, -0.2) is 4.79 Å². The van der Waals surface area contributed by atoms with E-state index < -0.39 is 10.8 Å². The third-order valence-corrected chi connectivity index (χ3v) is 2.61. The molecule has 1 heterocycles. The van der Waals surface area contributed by atoms with E-state index in [2.05, 4.69) is 0 Å². The topological polar surface area (TPSA) is 37.3 Å². The molecule has 1 rings (SSSR count). The van der Waals surface area contributed by atoms with Crippen LogP contribution in [0.3, 0.4) is 0 Å². The number of aliphatic carboxylic acids is 1. The SMILES string of the molecule is O=C(O)C1(Cl)C=CSC1. The summed E-state index contributed by atoms with van der Waals surface area (Å²) in [6, 6.07) is 0. The number of alkyl halides is 1. The zero-order chi connectivity index (χ0) is 6.91. The number of carboxylic acids is 1. The second-order valence-electron chi connectivity index (χ2n) is 1.78. The number of hydrogen-bond donors (Lipinski definition) is 1. The first-order valence-corrected chi connectivity index (χ1v) is 3.79. The Morgan fingerprint density at radius 2 is 2.56 bits per heavy atom. The van der Waals surface area contributed by atoms with Crippen LogP contribution in [0.25, 0.3) is 0 Å². The third kappa shape index (κ3) is 1.22. The van der Waals surface area contributed by atoms with E-state index in [0.717, 1.165) is 0 Å². The zero-order valence-corrected chi connectivity index (χ0v) is 6.08. The van der Waals surface area contributed by atoms with Gasteiger partial charge in [0.05, 0.1) is 0 Å². The van der Waals surface area contributed by atoms with Crippen molar-refractivity contribution < 1.29 is 9.90 Å². The predicted octanol–water partition coefficient (Wildman–Crippen LogP) is 1.31. The minimum atomic E-state index is -1.13. The number of hydrogen-bond acceptors (Lipinski definition) is 2. The summed E-state index contributed by atoms with van der Waals surface area (Å²) in [6.45, 7) is 0. The maximum absolute atomic E-state index is 10.3. The largest absolute Gasteiger partial charge is 0.480 e. The average Bonchev–Trinajstić information content (AvgIpc) is 2.16. The highest BCUT2D eigenvalue weighted by atomic mass is 35.5. The molecule has 50 valence electrons. The second kappa shape index (κ2) is 2.23. The van der Waals surface area contributed by atoms with Crippen molar-refractivity contribution in [2.24, 2.45) is 0 Å². The fourth-order valence-corrected chi connectivity index (χ4v) is 1.72. The summed E-state index contributed by atoms with van der Waals surface area (Å²) in [7, 11) is 0. The van der Waals surface area contributed by atoms with Gasteiger partial charge in [-0.15, -0.1) is 23.4 Å². The van der Waals surface area contributed by atoms with Crippen LogP contribution in [0, 0.1) is 0 Å². The van der Waals surface area contributed by atoms with Gasteiger partial charge in [-0.05, 0) is 11.5 Å². The molecule has 9 heavy (non-hydrogen) atoms. The maximum atomic E-state index is 10.3. The molecule has 0 saturated heterocycles. The summed E-state index contributed by atoms with van der Waals surface area (Å²) in [6.07, 6.45) is 1.50. The molecule has 4 heteroatoms. The van der Waals surface area contributed by atoms with Gasteiger partial charge in [0.2, 0.25) is 0 Å². The lowest BCUT2D eigenvalue weighted by Gasteiger charge is -2.09. The molecule has 1 unspecified atom stereocenters. The van der Waals surface area contributed by atoms with Crippen LogP contribution in [0.4, 0.5) is 0 Å². The van der Waals surface area contributed by atoms with Crippen LogP contribution in [-0.2, 0) is 4.79 Å². The van der Waals surface area contributed by atoms with Crippen molar-refractivity contribution in [3.63, 3.8) is 0 Å². The van der Waals surface area contributed by atoms with Crippen molar-refractivity contribution in [3.8, 4) is 0 Å². The van der Waals surface area contributed by atoms with Gasteiger partial charge in [0.1, 0.15) is 0 Å². The lowest BCUT2D eigenvalue weighted by atomic mass is 10.2. The normalized spacial score (nSPS) is 33.0. The van der Waals surface area contributed by atoms with Crippen molar-refractivity contribution in [3.05, 3.63) is 11.5 Å². The Morgan fingerprint density at radius 3 is 2.78 bits per heavy atom. The first-order valence-electron chi connectivity index (χ1n) is 2.37. The van der Waals surface area contributed by atoms with Crippen LogP contribution in [-0.4, -0.2) is 21.7 Å². The second-order valence-corrected chi connectivity index (χ2v) is 3.35. The molecule has 0 saturated carbocycles. The van der Waals surface area contributed by atoms with Crippen LogP contribution < -0.4 is 0 Å². The van der Waals surface area contributed by atoms with E-state index in [1.54, 1.807) is 5.41 Å². The molecule has 0 aliphatic carbocycles. The van der Waals surface area contributed by atoms with Gasteiger partial charge in [0, 0.05) is 5.75 Å². The third-order valence-electron chi connectivity index (χ3n) is 1.08. The van der Waals surface area contributed by atoms with E-state index in [1.165, 1.54) is 17.8 Å². The Morgan fingerprint density at radius 1 is 1.89 bits per heavy atom. The van der Waals surface area contributed by atoms with Crippen molar-refractivity contribution in [1.82, 2.24) is 0 Å². The summed E-state index contributed by atoms with van der Waals surface area (Å²) < 4.78 is 0. The van der Waals surface area contributed by atoms with Crippen LogP contribution in [0.2, 0.25) is 0 Å². The van der Waals surface area contributed by atoms with Gasteiger partial charge in [-0.3, -0.25) is 0 Å². The standard InChI is InChI=1S/C5H5ClO2S/c6-5(4(7)8)1-2-9-3-5/h1-2H,3H2,(H,7,8). The van der Waals surface area contributed by atoms with E-state index in [9.17, 15) is 4.79 Å². The number of carbonyl (C=O) groups is 1. The van der Waals surface area contributed by atoms with Gasteiger partial charge >= 0.3 is 5.97 Å². The van der Waals surface area contributed by atoms with Crippen molar-refractivity contribution in [2.75, 3.05) is 5.75 Å². The van der Waals surface area contributed by atoms with Crippen LogP contribution in [0.15, 0.2) is 11.5 Å². The number of thioether (sulfide) groups is 1. The van der Waals surface area contributed by atoms with Crippen LogP contribution >= 0.6 is 23.4 Å². The monoisotopic (exact) mass is 164 g/mol. The average molecular weight is 165 g/mol. The highest BCUT2D eigenvalue weighted by molar-refractivity contribution is 8.02. The highest BCUT2D eigenvalue weighted by Gasteiger charge is 2.35. The van der Waals surface area contributed by atoms with Gasteiger partial charge in [-0.2, -0.15) is 0 Å². The van der Waals surface area contributed by atoms with Gasteiger partial charge in [-0.1, -0.05) is 0 Å². The van der Waals surface area contributed by atoms with Crippen LogP contribution in [0.1, 0.15) is 0 Å². The van der Waals surface area contributed by atoms with Crippen molar-refractivity contribution in [2.45, 2.75) is 4.87 Å². The molecule has 0 bridgehead atoms. The summed E-state index contributed by atoms with van der Waals surface area (Å²) >= 11 is 7.01. The lowest BCUT2D eigenvalue weighted by molar-refractivity contribution is -0.138. The molecule has 0 fully saturated rings. The summed E-state index contributed by atoms with van der Waals surface area (Å²) in [4.78, 5) is 9.19. The Balaban J connectivity index is 2.74. The molecule has 1 N–H and O–H groups in total. The van der Waals surface area contributed by atoms with Gasteiger partial charge < -0.3 is 5.11 Å². The minimum absolute atomic E-state index is 0.434. The Labute approximate surface area is 61.9 Å². The highest BCUT2D eigenvalue weighted by Crippen LogP contribution is 2.30. The molecule has 0 aromatic heterocycles. The number of rotatable bonds is 1. The molecule has 1 aliphatic rings.